The van der Waals surface area contributed by atoms with Crippen molar-refractivity contribution in [2.24, 2.45) is 0 Å². The molecule has 0 amide bonds. The molecule has 19 heavy (non-hydrogen) atoms. The van der Waals surface area contributed by atoms with Gasteiger partial charge < -0.3 is 9.47 Å². The summed E-state index contributed by atoms with van der Waals surface area (Å²) in [6.45, 7) is 1.87. The van der Waals surface area contributed by atoms with Gasteiger partial charge in [0.1, 0.15) is 0 Å². The van der Waals surface area contributed by atoms with Crippen molar-refractivity contribution in [3.63, 3.8) is 0 Å². The number of carbonyl (C=O) groups excluding carboxylic acids is 2. The summed E-state index contributed by atoms with van der Waals surface area (Å²) in [7, 11) is 0. The van der Waals surface area contributed by atoms with E-state index in [1.807, 2.05) is 6.92 Å². The number of rotatable bonds is 6. The number of hydrogen-bond donors (Lipinski definition) is 0. The normalized spacial score (nSPS) is 10.1. The van der Waals surface area contributed by atoms with Gasteiger partial charge in [-0.1, -0.05) is 36.5 Å². The predicted molar refractivity (Wildman–Crippen MR) is 72.6 cm³/mol. The summed E-state index contributed by atoms with van der Waals surface area (Å²) in [4.78, 5) is 22.9. The van der Waals surface area contributed by atoms with E-state index in [4.69, 9.17) is 32.7 Å². The minimum Gasteiger partial charge on any atom is -0.463 e. The Bertz CT molecular complexity index is 460. The third kappa shape index (κ3) is 5.49. The van der Waals surface area contributed by atoms with E-state index in [1.165, 1.54) is 12.1 Å². The van der Waals surface area contributed by atoms with Gasteiger partial charge in [0.15, 0.2) is 6.61 Å². The van der Waals surface area contributed by atoms with Crippen LogP contribution in [0, 0.1) is 0 Å². The topological polar surface area (TPSA) is 52.6 Å². The summed E-state index contributed by atoms with van der Waals surface area (Å²) in [6, 6.07) is 4.42. The highest BCUT2D eigenvalue weighted by molar-refractivity contribution is 6.35. The summed E-state index contributed by atoms with van der Waals surface area (Å²) >= 11 is 11.6. The maximum Gasteiger partial charge on any atom is 0.344 e. The molecule has 0 aliphatic rings. The Labute approximate surface area is 121 Å². The Balaban J connectivity index is 2.47. The number of unbranched alkanes of at least 4 members (excludes halogenated alkanes) is 1. The average molecular weight is 305 g/mol. The van der Waals surface area contributed by atoms with E-state index in [9.17, 15) is 9.59 Å². The Hall–Kier alpha value is -1.26. The molecule has 0 saturated carbocycles. The van der Waals surface area contributed by atoms with Crippen molar-refractivity contribution in [1.82, 2.24) is 0 Å². The first kappa shape index (κ1) is 15.8. The molecule has 1 rings (SSSR count). The van der Waals surface area contributed by atoms with Crippen molar-refractivity contribution < 1.29 is 19.1 Å². The molecule has 0 N–H and O–H groups in total. The van der Waals surface area contributed by atoms with Crippen LogP contribution in [0.15, 0.2) is 18.2 Å². The molecule has 0 saturated heterocycles. The minimum absolute atomic E-state index is 0.121. The van der Waals surface area contributed by atoms with Gasteiger partial charge in [-0.25, -0.2) is 9.59 Å². The lowest BCUT2D eigenvalue weighted by molar-refractivity contribution is -0.147. The SMILES string of the molecule is CCCCOC(=O)COC(=O)c1cc(Cl)ccc1Cl. The smallest absolute Gasteiger partial charge is 0.344 e. The van der Waals surface area contributed by atoms with Crippen LogP contribution in [0.25, 0.3) is 0 Å². The fourth-order valence-electron chi connectivity index (χ4n) is 1.23. The number of halogens is 2. The van der Waals surface area contributed by atoms with Gasteiger partial charge in [-0.2, -0.15) is 0 Å². The third-order valence-electron chi connectivity index (χ3n) is 2.23. The molecular formula is C13H14Cl2O4. The molecule has 0 fully saturated rings. The van der Waals surface area contributed by atoms with Gasteiger partial charge in [0.05, 0.1) is 17.2 Å². The Morgan fingerprint density at radius 3 is 2.63 bits per heavy atom. The Morgan fingerprint density at radius 1 is 1.21 bits per heavy atom. The van der Waals surface area contributed by atoms with Crippen LogP contribution in [0.5, 0.6) is 0 Å². The highest BCUT2D eigenvalue weighted by atomic mass is 35.5. The first-order valence-electron chi connectivity index (χ1n) is 5.82. The van der Waals surface area contributed by atoms with Crippen molar-refractivity contribution in [2.45, 2.75) is 19.8 Å². The van der Waals surface area contributed by atoms with E-state index in [0.717, 1.165) is 12.8 Å². The van der Waals surface area contributed by atoms with E-state index in [0.29, 0.717) is 11.6 Å². The van der Waals surface area contributed by atoms with E-state index >= 15 is 0 Å². The number of hydrogen-bond acceptors (Lipinski definition) is 4. The molecule has 0 radical (unpaired) electrons. The summed E-state index contributed by atoms with van der Waals surface area (Å²) in [5.41, 5.74) is 0.121. The van der Waals surface area contributed by atoms with Crippen LogP contribution < -0.4 is 0 Å². The first-order valence-corrected chi connectivity index (χ1v) is 6.58. The number of carbonyl (C=O) groups is 2. The monoisotopic (exact) mass is 304 g/mol. The maximum atomic E-state index is 11.7. The zero-order valence-electron chi connectivity index (χ0n) is 10.4. The highest BCUT2D eigenvalue weighted by Gasteiger charge is 2.14. The molecule has 0 unspecified atom stereocenters. The number of benzene rings is 1. The van der Waals surface area contributed by atoms with Gasteiger partial charge >= 0.3 is 11.9 Å². The molecule has 1 aromatic carbocycles. The third-order valence-corrected chi connectivity index (χ3v) is 2.80. The molecular weight excluding hydrogens is 291 g/mol. The summed E-state index contributed by atoms with van der Waals surface area (Å²) in [6.07, 6.45) is 1.70. The lowest BCUT2D eigenvalue weighted by Gasteiger charge is -2.07. The molecule has 0 spiro atoms. The lowest BCUT2D eigenvalue weighted by Crippen LogP contribution is -2.17. The summed E-state index contributed by atoms with van der Waals surface area (Å²) in [5.74, 6) is -1.29. The van der Waals surface area contributed by atoms with Gasteiger partial charge in [-0.15, -0.1) is 0 Å². The average Bonchev–Trinajstić information content (AvgIpc) is 2.39. The van der Waals surface area contributed by atoms with Crippen molar-refractivity contribution >= 4 is 35.1 Å². The number of esters is 2. The lowest BCUT2D eigenvalue weighted by atomic mass is 10.2. The van der Waals surface area contributed by atoms with Crippen molar-refractivity contribution in [1.29, 1.82) is 0 Å². The second-order valence-electron chi connectivity index (χ2n) is 3.77. The van der Waals surface area contributed by atoms with Crippen LogP contribution in [-0.4, -0.2) is 25.2 Å². The molecule has 6 heteroatoms. The predicted octanol–water partition coefficient (Wildman–Crippen LogP) is 3.49. The van der Waals surface area contributed by atoms with Crippen LogP contribution in [0.4, 0.5) is 0 Å². The van der Waals surface area contributed by atoms with E-state index < -0.39 is 18.5 Å². The van der Waals surface area contributed by atoms with Gasteiger partial charge in [0.2, 0.25) is 0 Å². The Kier molecular flexibility index (Phi) is 6.67. The van der Waals surface area contributed by atoms with Gasteiger partial charge in [0.25, 0.3) is 0 Å². The van der Waals surface area contributed by atoms with Crippen molar-refractivity contribution in [2.75, 3.05) is 13.2 Å². The molecule has 0 heterocycles. The Morgan fingerprint density at radius 2 is 1.95 bits per heavy atom. The minimum atomic E-state index is -0.708. The van der Waals surface area contributed by atoms with Gasteiger partial charge in [0, 0.05) is 5.02 Å². The van der Waals surface area contributed by atoms with Crippen LogP contribution in [0.2, 0.25) is 10.0 Å². The fourth-order valence-corrected chi connectivity index (χ4v) is 1.59. The standard InChI is InChI=1S/C13H14Cl2O4/c1-2-3-6-18-12(16)8-19-13(17)10-7-9(14)4-5-11(10)15/h4-5,7H,2-3,6,8H2,1H3. The quantitative estimate of drug-likeness (QED) is 0.596. The first-order chi connectivity index (χ1) is 9.04. The zero-order chi connectivity index (χ0) is 14.3. The summed E-state index contributed by atoms with van der Waals surface area (Å²) in [5, 5.41) is 0.579. The molecule has 0 aromatic heterocycles. The molecule has 0 bridgehead atoms. The number of ether oxygens (including phenoxy) is 2. The maximum absolute atomic E-state index is 11.7. The van der Waals surface area contributed by atoms with Gasteiger partial charge in [-0.3, -0.25) is 0 Å². The molecule has 0 aliphatic heterocycles. The van der Waals surface area contributed by atoms with E-state index in [1.54, 1.807) is 6.07 Å². The fraction of sp³-hybridized carbons (Fsp3) is 0.385. The van der Waals surface area contributed by atoms with Crippen LogP contribution in [-0.2, 0) is 14.3 Å². The van der Waals surface area contributed by atoms with Crippen molar-refractivity contribution in [3.8, 4) is 0 Å². The second kappa shape index (κ2) is 8.02. The largest absolute Gasteiger partial charge is 0.463 e. The highest BCUT2D eigenvalue weighted by Crippen LogP contribution is 2.21. The van der Waals surface area contributed by atoms with Crippen molar-refractivity contribution in [3.05, 3.63) is 33.8 Å². The zero-order valence-corrected chi connectivity index (χ0v) is 12.0. The molecule has 104 valence electrons. The summed E-state index contributed by atoms with van der Waals surface area (Å²) < 4.78 is 9.65. The second-order valence-corrected chi connectivity index (χ2v) is 4.62. The van der Waals surface area contributed by atoms with Crippen LogP contribution >= 0.6 is 23.2 Å². The van der Waals surface area contributed by atoms with E-state index in [-0.39, 0.29) is 10.6 Å². The van der Waals surface area contributed by atoms with Crippen LogP contribution in [0.1, 0.15) is 30.1 Å². The van der Waals surface area contributed by atoms with Gasteiger partial charge in [-0.05, 0) is 24.6 Å². The van der Waals surface area contributed by atoms with Crippen LogP contribution in [0.3, 0.4) is 0 Å². The molecule has 0 atom stereocenters. The molecule has 1 aromatic rings. The molecule has 4 nitrogen and oxygen atoms in total. The molecule has 0 aliphatic carbocycles. The van der Waals surface area contributed by atoms with E-state index in [2.05, 4.69) is 0 Å².